The molecule has 1 unspecified atom stereocenters. The maximum atomic E-state index is 13.3. The summed E-state index contributed by atoms with van der Waals surface area (Å²) in [6.07, 6.45) is 0. The van der Waals surface area contributed by atoms with Crippen molar-refractivity contribution in [1.29, 1.82) is 0 Å². The Morgan fingerprint density at radius 1 is 1.42 bits per heavy atom. The summed E-state index contributed by atoms with van der Waals surface area (Å²) in [5, 5.41) is 3.74. The van der Waals surface area contributed by atoms with Crippen LogP contribution in [0.2, 0.25) is 0 Å². The third-order valence-corrected chi connectivity index (χ3v) is 2.84. The SMILES string of the molecule is CCOC(=O)c1cc(F)nn1C(C)c1ccccc1. The number of benzene rings is 1. The highest BCUT2D eigenvalue weighted by atomic mass is 19.1. The van der Waals surface area contributed by atoms with Crippen LogP contribution >= 0.6 is 0 Å². The van der Waals surface area contributed by atoms with Gasteiger partial charge in [-0.15, -0.1) is 5.10 Å². The van der Waals surface area contributed by atoms with Crippen molar-refractivity contribution < 1.29 is 13.9 Å². The highest BCUT2D eigenvalue weighted by Crippen LogP contribution is 2.20. The van der Waals surface area contributed by atoms with E-state index in [0.29, 0.717) is 0 Å². The van der Waals surface area contributed by atoms with Crippen LogP contribution in [-0.4, -0.2) is 22.4 Å². The molecular weight excluding hydrogens is 247 g/mol. The second-order valence-electron chi connectivity index (χ2n) is 4.10. The summed E-state index contributed by atoms with van der Waals surface area (Å²) in [6.45, 7) is 3.80. The highest BCUT2D eigenvalue weighted by Gasteiger charge is 2.21. The third-order valence-electron chi connectivity index (χ3n) is 2.84. The minimum atomic E-state index is -0.689. The molecule has 0 spiro atoms. The Kier molecular flexibility index (Phi) is 3.94. The molecule has 0 radical (unpaired) electrons. The molecule has 0 aliphatic carbocycles. The Hall–Kier alpha value is -2.17. The van der Waals surface area contributed by atoms with Gasteiger partial charge in [0.05, 0.1) is 12.6 Å². The lowest BCUT2D eigenvalue weighted by molar-refractivity contribution is 0.0510. The molecular formula is C14H15FN2O2. The fourth-order valence-corrected chi connectivity index (χ4v) is 1.89. The lowest BCUT2D eigenvalue weighted by Crippen LogP contribution is -2.17. The van der Waals surface area contributed by atoms with Crippen molar-refractivity contribution in [2.75, 3.05) is 6.61 Å². The van der Waals surface area contributed by atoms with Gasteiger partial charge in [-0.05, 0) is 19.4 Å². The van der Waals surface area contributed by atoms with Gasteiger partial charge < -0.3 is 4.74 Å². The van der Waals surface area contributed by atoms with E-state index in [1.54, 1.807) is 6.92 Å². The molecule has 0 amide bonds. The van der Waals surface area contributed by atoms with Crippen molar-refractivity contribution in [3.63, 3.8) is 0 Å². The quantitative estimate of drug-likeness (QED) is 0.796. The van der Waals surface area contributed by atoms with Crippen molar-refractivity contribution in [3.05, 3.63) is 53.6 Å². The van der Waals surface area contributed by atoms with E-state index < -0.39 is 11.9 Å². The monoisotopic (exact) mass is 262 g/mol. The first-order valence-corrected chi connectivity index (χ1v) is 6.10. The standard InChI is InChI=1S/C14H15FN2O2/c1-3-19-14(18)12-9-13(15)16-17(12)10(2)11-7-5-4-6-8-11/h4-10H,3H2,1-2H3. The Labute approximate surface area is 110 Å². The number of hydrogen-bond acceptors (Lipinski definition) is 3. The van der Waals surface area contributed by atoms with Crippen molar-refractivity contribution in [3.8, 4) is 0 Å². The fourth-order valence-electron chi connectivity index (χ4n) is 1.89. The summed E-state index contributed by atoms with van der Waals surface area (Å²) in [5.41, 5.74) is 1.06. The molecule has 0 fully saturated rings. The second-order valence-corrected chi connectivity index (χ2v) is 4.10. The van der Waals surface area contributed by atoms with Crippen LogP contribution in [0, 0.1) is 5.95 Å². The largest absolute Gasteiger partial charge is 0.461 e. The van der Waals surface area contributed by atoms with E-state index in [2.05, 4.69) is 5.10 Å². The van der Waals surface area contributed by atoms with E-state index in [-0.39, 0.29) is 18.3 Å². The summed E-state index contributed by atoms with van der Waals surface area (Å²) < 4.78 is 19.6. The lowest BCUT2D eigenvalue weighted by atomic mass is 10.1. The predicted molar refractivity (Wildman–Crippen MR) is 68.4 cm³/mol. The van der Waals surface area contributed by atoms with Crippen molar-refractivity contribution in [2.45, 2.75) is 19.9 Å². The van der Waals surface area contributed by atoms with Gasteiger partial charge >= 0.3 is 5.97 Å². The van der Waals surface area contributed by atoms with Crippen LogP contribution in [0.4, 0.5) is 4.39 Å². The second kappa shape index (κ2) is 5.65. The normalized spacial score (nSPS) is 12.2. The van der Waals surface area contributed by atoms with Gasteiger partial charge in [0.15, 0.2) is 0 Å². The molecule has 2 rings (SSSR count). The molecule has 1 aromatic heterocycles. The zero-order valence-electron chi connectivity index (χ0n) is 10.8. The number of carbonyl (C=O) groups excluding carboxylic acids is 1. The smallest absolute Gasteiger partial charge is 0.356 e. The fraction of sp³-hybridized carbons (Fsp3) is 0.286. The van der Waals surface area contributed by atoms with E-state index in [4.69, 9.17) is 4.74 Å². The average molecular weight is 262 g/mol. The molecule has 0 saturated carbocycles. The Bertz CT molecular complexity index is 566. The van der Waals surface area contributed by atoms with Gasteiger partial charge in [0.25, 0.3) is 0 Å². The highest BCUT2D eigenvalue weighted by molar-refractivity contribution is 5.87. The van der Waals surface area contributed by atoms with Crippen LogP contribution in [0.25, 0.3) is 0 Å². The van der Waals surface area contributed by atoms with Crippen LogP contribution in [0.15, 0.2) is 36.4 Å². The number of ether oxygens (including phenoxy) is 1. The van der Waals surface area contributed by atoms with E-state index >= 15 is 0 Å². The van der Waals surface area contributed by atoms with Crippen LogP contribution in [-0.2, 0) is 4.74 Å². The molecule has 2 aromatic rings. The molecule has 0 aliphatic rings. The summed E-state index contributed by atoms with van der Waals surface area (Å²) in [4.78, 5) is 11.8. The van der Waals surface area contributed by atoms with Gasteiger partial charge in [-0.1, -0.05) is 30.3 Å². The molecule has 100 valence electrons. The van der Waals surface area contributed by atoms with E-state index in [1.165, 1.54) is 4.68 Å². The molecule has 1 aromatic carbocycles. The molecule has 5 heteroatoms. The Morgan fingerprint density at radius 3 is 2.74 bits per heavy atom. The maximum Gasteiger partial charge on any atom is 0.356 e. The first-order valence-electron chi connectivity index (χ1n) is 6.10. The number of carbonyl (C=O) groups is 1. The molecule has 1 atom stereocenters. The molecule has 19 heavy (non-hydrogen) atoms. The van der Waals surface area contributed by atoms with E-state index in [1.807, 2.05) is 37.3 Å². The lowest BCUT2D eigenvalue weighted by Gasteiger charge is -2.15. The van der Waals surface area contributed by atoms with Gasteiger partial charge in [0.1, 0.15) is 5.69 Å². The molecule has 0 saturated heterocycles. The molecule has 1 heterocycles. The average Bonchev–Trinajstić information content (AvgIpc) is 2.81. The van der Waals surface area contributed by atoms with Crippen molar-refractivity contribution >= 4 is 5.97 Å². The number of esters is 1. The maximum absolute atomic E-state index is 13.3. The van der Waals surface area contributed by atoms with Gasteiger partial charge in [-0.2, -0.15) is 4.39 Å². The zero-order valence-corrected chi connectivity index (χ0v) is 10.8. The topological polar surface area (TPSA) is 44.1 Å². The zero-order chi connectivity index (χ0) is 13.8. The van der Waals surface area contributed by atoms with Gasteiger partial charge in [0, 0.05) is 6.07 Å². The summed E-state index contributed by atoms with van der Waals surface area (Å²) >= 11 is 0. The number of nitrogens with zero attached hydrogens (tertiary/aromatic N) is 2. The molecule has 4 nitrogen and oxygen atoms in total. The minimum absolute atomic E-state index is 0.121. The van der Waals surface area contributed by atoms with Crippen LogP contribution in [0.5, 0.6) is 0 Å². The van der Waals surface area contributed by atoms with E-state index in [9.17, 15) is 9.18 Å². The summed E-state index contributed by atoms with van der Waals surface area (Å²) in [6, 6.07) is 10.3. The minimum Gasteiger partial charge on any atom is -0.461 e. The van der Waals surface area contributed by atoms with Crippen molar-refractivity contribution in [1.82, 2.24) is 9.78 Å². The molecule has 0 N–H and O–H groups in total. The van der Waals surface area contributed by atoms with E-state index in [0.717, 1.165) is 11.6 Å². The molecule has 0 bridgehead atoms. The Morgan fingerprint density at radius 2 is 2.11 bits per heavy atom. The summed E-state index contributed by atoms with van der Waals surface area (Å²) in [7, 11) is 0. The first kappa shape index (κ1) is 13.3. The summed E-state index contributed by atoms with van der Waals surface area (Å²) in [5.74, 6) is -1.26. The van der Waals surface area contributed by atoms with Gasteiger partial charge in [0.2, 0.25) is 5.95 Å². The van der Waals surface area contributed by atoms with Crippen LogP contribution < -0.4 is 0 Å². The van der Waals surface area contributed by atoms with Gasteiger partial charge in [-0.3, -0.25) is 0 Å². The Balaban J connectivity index is 2.37. The predicted octanol–water partition coefficient (Wildman–Crippen LogP) is 2.81. The number of rotatable bonds is 4. The number of hydrogen-bond donors (Lipinski definition) is 0. The van der Waals surface area contributed by atoms with Crippen molar-refractivity contribution in [2.24, 2.45) is 0 Å². The number of aromatic nitrogens is 2. The number of halogens is 1. The third kappa shape index (κ3) is 2.81. The van der Waals surface area contributed by atoms with Crippen LogP contribution in [0.1, 0.15) is 35.9 Å². The molecule has 0 aliphatic heterocycles. The van der Waals surface area contributed by atoms with Crippen LogP contribution in [0.3, 0.4) is 0 Å². The van der Waals surface area contributed by atoms with Gasteiger partial charge in [-0.25, -0.2) is 9.48 Å². The first-order chi connectivity index (χ1) is 9.13.